The molecule has 498 valence electrons. The first-order valence-electron chi connectivity index (χ1n) is 35.8. The van der Waals surface area contributed by atoms with E-state index in [2.05, 4.69) is 354 Å². The van der Waals surface area contributed by atoms with Crippen molar-refractivity contribution in [2.45, 2.75) is 226 Å². The Morgan fingerprint density at radius 2 is 0.421 bits per heavy atom. The number of hydrogen-bond donors (Lipinski definition) is 0. The van der Waals surface area contributed by atoms with Crippen LogP contribution in [0, 0.1) is 0 Å². The Hall–Kier alpha value is -5.01. The standard InChI is InChI=1S/2C43H53O2Si2.Fe/c2*1-42(2,3)46(7,8)44-30-32-21-25-34(26-22-32)38-29-39(35-27-23-33(24-28-35)31-45-47(9,10)43(4,5)6)41(37-19-15-12-16-20-37)40(38)36-17-13-11-14-18-36;/h2*11-29H,30-31H2,1-10H3;. The normalized spacial score (nSPS) is 37.9. The van der Waals surface area contributed by atoms with Crippen molar-refractivity contribution in [1.82, 2.24) is 0 Å². The van der Waals surface area contributed by atoms with Gasteiger partial charge in [0.1, 0.15) is 0 Å². The number of hydrogen-bond acceptors (Lipinski definition) is 4. The Kier molecular flexibility index (Phi) is 9.16. The minimum atomic E-state index is -7.12. The third kappa shape index (κ3) is 2.86. The zero-order chi connectivity index (χ0) is 67.5. The van der Waals surface area contributed by atoms with Crippen LogP contribution < -0.4 is 0 Å². The van der Waals surface area contributed by atoms with Gasteiger partial charge < -0.3 is 0 Å². The number of fused-ring (bicyclic) bond motifs is 10. The molecule has 0 amide bonds. The molecule has 0 aromatic heterocycles. The van der Waals surface area contributed by atoms with Crippen LogP contribution in [-0.2, 0) is 85.1 Å². The van der Waals surface area contributed by atoms with Gasteiger partial charge in [0, 0.05) is 0 Å². The molecule has 9 heteroatoms. The average Bonchev–Trinajstić information content (AvgIpc) is 1.01. The molecule has 10 aliphatic heterocycles. The van der Waals surface area contributed by atoms with E-state index in [1.54, 1.807) is 44.5 Å². The summed E-state index contributed by atoms with van der Waals surface area (Å²) >= 11 is 0. The van der Waals surface area contributed by atoms with Crippen molar-refractivity contribution in [3.8, 4) is 0 Å². The van der Waals surface area contributed by atoms with Crippen molar-refractivity contribution in [2.75, 3.05) is 0 Å². The summed E-state index contributed by atoms with van der Waals surface area (Å²) in [6.07, 6.45) is 0. The van der Waals surface area contributed by atoms with E-state index >= 15 is 0 Å². The van der Waals surface area contributed by atoms with Crippen LogP contribution in [0.15, 0.2) is 218 Å². The van der Waals surface area contributed by atoms with Gasteiger partial charge in [0.15, 0.2) is 0 Å². The summed E-state index contributed by atoms with van der Waals surface area (Å²) in [7, 11) is -8.35. The molecule has 4 nitrogen and oxygen atoms in total. The van der Waals surface area contributed by atoms with Crippen molar-refractivity contribution in [3.05, 3.63) is 285 Å². The van der Waals surface area contributed by atoms with E-state index in [9.17, 15) is 0 Å². The molecule has 0 saturated carbocycles. The van der Waals surface area contributed by atoms with Gasteiger partial charge in [-0.15, -0.1) is 0 Å². The summed E-state index contributed by atoms with van der Waals surface area (Å²) in [5.41, 5.74) is 17.8. The molecule has 0 bridgehead atoms. The van der Waals surface area contributed by atoms with Crippen molar-refractivity contribution in [2.24, 2.45) is 0 Å². The predicted molar refractivity (Wildman–Crippen MR) is 400 cm³/mol. The molecule has 1 spiro atoms. The van der Waals surface area contributed by atoms with Gasteiger partial charge in [-0.1, -0.05) is 0 Å². The fourth-order valence-electron chi connectivity index (χ4n) is 33.0. The molecule has 0 aliphatic carbocycles. The zero-order valence-electron chi connectivity index (χ0n) is 60.8. The second kappa shape index (κ2) is 14.0. The second-order valence-electron chi connectivity index (χ2n) is 38.7. The summed E-state index contributed by atoms with van der Waals surface area (Å²) in [4.78, 5) is 0.753. The molecule has 8 aromatic carbocycles. The van der Waals surface area contributed by atoms with Crippen LogP contribution in [0.5, 0.6) is 0 Å². The van der Waals surface area contributed by atoms with E-state index < -0.39 is 39.8 Å². The van der Waals surface area contributed by atoms with Crippen LogP contribution in [0.4, 0.5) is 0 Å². The molecule has 10 saturated heterocycles. The van der Waals surface area contributed by atoms with Gasteiger partial charge in [-0.25, -0.2) is 0 Å². The molecule has 8 atom stereocenters. The number of benzene rings is 8. The maximum atomic E-state index is 7.18. The van der Waals surface area contributed by atoms with Crippen molar-refractivity contribution in [3.63, 3.8) is 0 Å². The molecular formula is C86H106FeO4Si4. The first kappa shape index (κ1) is 62.3. The third-order valence-corrected chi connectivity index (χ3v) is 98.7. The molecule has 0 N–H and O–H groups in total. The Bertz CT molecular complexity index is 4340. The van der Waals surface area contributed by atoms with E-state index in [0.29, 0.717) is 36.1 Å². The molecule has 95 heavy (non-hydrogen) atoms. The Morgan fingerprint density at radius 1 is 0.253 bits per heavy atom. The molecule has 10 fully saturated rings. The topological polar surface area (TPSA) is 36.9 Å². The van der Waals surface area contributed by atoms with E-state index in [1.807, 2.05) is 0 Å². The Balaban J connectivity index is 1.01. The van der Waals surface area contributed by atoms with Crippen LogP contribution in [0.25, 0.3) is 0 Å². The number of rotatable bonds is 20. The molecule has 8 unspecified atom stereocenters. The molecule has 10 heterocycles. The Labute approximate surface area is 564 Å². The third-order valence-electron chi connectivity index (χ3n) is 35.6. The van der Waals surface area contributed by atoms with Crippen molar-refractivity contribution >= 4 is 33.3 Å². The van der Waals surface area contributed by atoms with Gasteiger partial charge in [-0.3, -0.25) is 0 Å². The molecule has 10 aliphatic rings. The molecule has 18 rings (SSSR count). The summed E-state index contributed by atoms with van der Waals surface area (Å²) < 4.78 is 26.7. The average molecular weight is 1370 g/mol. The monoisotopic (exact) mass is 1370 g/mol. The summed E-state index contributed by atoms with van der Waals surface area (Å²) in [5, 5.41) is 0.390. The van der Waals surface area contributed by atoms with Gasteiger partial charge >= 0.3 is 569 Å². The quantitative estimate of drug-likeness (QED) is 0.0713. The minimum absolute atomic E-state index is 0.0975. The van der Waals surface area contributed by atoms with Crippen molar-refractivity contribution in [1.29, 1.82) is 0 Å². The van der Waals surface area contributed by atoms with Crippen LogP contribution in [0.3, 0.4) is 0 Å². The second-order valence-corrected chi connectivity index (χ2v) is 79.2. The zero-order valence-corrected chi connectivity index (χ0v) is 65.9. The van der Waals surface area contributed by atoms with Gasteiger partial charge in [-0.05, 0) is 0 Å². The SMILES string of the molecule is CC(C)(C)[Si](C)(C)OCc1ccc([C]23[CH]4[C]5(c6ccc(CO[Si](C)(C)C(C)(C)C)cc6)[C]6(c7ccccc7)[C]2(c2ccccc2)[Fe]43562789[CH]3[C]2(c2ccc(CO[Si](C)(C)C(C)(C)C)cc2)[C]7(c2ccccc2)[C]8(c2ccccc2)[C]39c2ccc(CO[Si](C)(C)C(C)(C)C)cc2)cc1. The van der Waals surface area contributed by atoms with Crippen molar-refractivity contribution < 1.29 is 24.2 Å². The first-order chi connectivity index (χ1) is 44.4. The van der Waals surface area contributed by atoms with Gasteiger partial charge in [-0.2, -0.15) is 0 Å². The van der Waals surface area contributed by atoms with Crippen LogP contribution >= 0.6 is 0 Å². The summed E-state index contributed by atoms with van der Waals surface area (Å²) in [5.74, 6) is 0. The molecular weight excluding hydrogens is 1270 g/mol. The first-order valence-corrected chi connectivity index (χ1v) is 53.1. The van der Waals surface area contributed by atoms with Gasteiger partial charge in [0.2, 0.25) is 0 Å². The fourth-order valence-corrected chi connectivity index (χ4v) is 124. The maximum absolute atomic E-state index is 7.18. The van der Waals surface area contributed by atoms with E-state index in [0.717, 1.165) is 0 Å². The van der Waals surface area contributed by atoms with E-state index in [4.69, 9.17) is 17.7 Å². The summed E-state index contributed by atoms with van der Waals surface area (Å²) in [6.45, 7) is 43.0. The summed E-state index contributed by atoms with van der Waals surface area (Å²) in [6, 6.07) is 92.5. The van der Waals surface area contributed by atoms with Gasteiger partial charge in [0.05, 0.1) is 0 Å². The Morgan fingerprint density at radius 3 is 0.579 bits per heavy atom. The molecule has 8 aromatic rings. The van der Waals surface area contributed by atoms with Crippen LogP contribution in [-0.4, -0.2) is 33.3 Å². The molecule has 0 radical (unpaired) electrons. The van der Waals surface area contributed by atoms with Gasteiger partial charge in [0.25, 0.3) is 0 Å². The van der Waals surface area contributed by atoms with Crippen LogP contribution in [0.2, 0.25) is 82.2 Å². The van der Waals surface area contributed by atoms with E-state index in [1.165, 1.54) is 22.3 Å². The fraction of sp³-hybridized carbons (Fsp3) is 0.442. The van der Waals surface area contributed by atoms with E-state index in [-0.39, 0.29) is 54.7 Å². The van der Waals surface area contributed by atoms with Crippen LogP contribution in [0.1, 0.15) is 150 Å². The predicted octanol–water partition coefficient (Wildman–Crippen LogP) is 22.3.